The molecule has 3 heterocycles. The molecule has 2 aliphatic rings. The van der Waals surface area contributed by atoms with Crippen LogP contribution in [-0.4, -0.2) is 38.2 Å². The van der Waals surface area contributed by atoms with Gasteiger partial charge in [0.1, 0.15) is 11.9 Å². The minimum atomic E-state index is -0.613. The Hall–Kier alpha value is -3.74. The van der Waals surface area contributed by atoms with Gasteiger partial charge in [-0.25, -0.2) is 4.98 Å². The van der Waals surface area contributed by atoms with Gasteiger partial charge in [0, 0.05) is 35.7 Å². The normalized spacial score (nSPS) is 18.3. The van der Waals surface area contributed by atoms with Crippen LogP contribution in [-0.2, 0) is 16.1 Å². The summed E-state index contributed by atoms with van der Waals surface area (Å²) in [6.45, 7) is 4.58. The first-order chi connectivity index (χ1) is 15.4. The fraction of sp³-hybridized carbons (Fsp3) is 0.280. The van der Waals surface area contributed by atoms with E-state index in [0.29, 0.717) is 18.5 Å². The molecule has 7 nitrogen and oxygen atoms in total. The van der Waals surface area contributed by atoms with Gasteiger partial charge in [0.05, 0.1) is 11.9 Å². The van der Waals surface area contributed by atoms with Crippen LogP contribution < -0.4 is 5.32 Å². The lowest BCUT2D eigenvalue weighted by atomic mass is 10.0. The number of imide groups is 1. The summed E-state index contributed by atoms with van der Waals surface area (Å²) >= 11 is 0. The van der Waals surface area contributed by atoms with Gasteiger partial charge >= 0.3 is 0 Å². The Labute approximate surface area is 186 Å². The number of hydrogen-bond donors (Lipinski definition) is 1. The first-order valence-electron chi connectivity index (χ1n) is 10.8. The van der Waals surface area contributed by atoms with Crippen molar-refractivity contribution >= 4 is 17.7 Å². The highest BCUT2D eigenvalue weighted by Crippen LogP contribution is 2.33. The van der Waals surface area contributed by atoms with Crippen LogP contribution in [0, 0.1) is 0 Å². The Kier molecular flexibility index (Phi) is 4.89. The van der Waals surface area contributed by atoms with Crippen molar-refractivity contribution in [1.29, 1.82) is 0 Å². The lowest BCUT2D eigenvalue weighted by Crippen LogP contribution is -2.52. The number of amides is 3. The number of benzene rings is 2. The van der Waals surface area contributed by atoms with Crippen LogP contribution in [0.3, 0.4) is 0 Å². The third kappa shape index (κ3) is 3.30. The van der Waals surface area contributed by atoms with Gasteiger partial charge in [-0.05, 0) is 36.2 Å². The molecular weight excluding hydrogens is 404 g/mol. The van der Waals surface area contributed by atoms with E-state index < -0.39 is 11.9 Å². The van der Waals surface area contributed by atoms with E-state index in [1.54, 1.807) is 4.90 Å². The number of imidazole rings is 1. The number of carbonyl (C=O) groups is 3. The summed E-state index contributed by atoms with van der Waals surface area (Å²) < 4.78 is 2.15. The zero-order valence-corrected chi connectivity index (χ0v) is 18.0. The quantitative estimate of drug-likeness (QED) is 0.646. The highest BCUT2D eigenvalue weighted by Gasteiger charge is 2.39. The van der Waals surface area contributed by atoms with E-state index in [1.807, 2.05) is 42.6 Å². The standard InChI is InChI=1S/C25H24N4O3/c1-15(2)23-26-13-21(29(23)18-6-4-3-5-7-18)16-8-9-19-17(12-16)14-28(25(19)32)20-10-11-22(30)27-24(20)31/h3-9,12-13,15,20H,10-11,14H2,1-2H3,(H,27,30,31). The second-order valence-corrected chi connectivity index (χ2v) is 8.60. The van der Waals surface area contributed by atoms with E-state index in [-0.39, 0.29) is 24.2 Å². The number of piperidine rings is 1. The van der Waals surface area contributed by atoms with Gasteiger partial charge < -0.3 is 4.90 Å². The smallest absolute Gasteiger partial charge is 0.255 e. The summed E-state index contributed by atoms with van der Waals surface area (Å²) in [6, 6.07) is 15.3. The highest BCUT2D eigenvalue weighted by molar-refractivity contribution is 6.05. The molecule has 2 aromatic carbocycles. The molecule has 3 aromatic rings. The van der Waals surface area contributed by atoms with Gasteiger partial charge in [-0.2, -0.15) is 0 Å². The molecule has 2 aliphatic heterocycles. The molecule has 162 valence electrons. The summed E-state index contributed by atoms with van der Waals surface area (Å²) in [7, 11) is 0. The molecule has 32 heavy (non-hydrogen) atoms. The van der Waals surface area contributed by atoms with Crippen molar-refractivity contribution in [3.05, 3.63) is 71.7 Å². The summed E-state index contributed by atoms with van der Waals surface area (Å²) in [5.41, 5.74) is 4.43. The Morgan fingerprint density at radius 3 is 2.56 bits per heavy atom. The number of aromatic nitrogens is 2. The van der Waals surface area contributed by atoms with Crippen LogP contribution in [0.5, 0.6) is 0 Å². The second kappa shape index (κ2) is 7.75. The number of rotatable bonds is 4. The molecular formula is C25H24N4O3. The maximum atomic E-state index is 13.0. The van der Waals surface area contributed by atoms with E-state index in [2.05, 4.69) is 40.8 Å². The predicted molar refractivity (Wildman–Crippen MR) is 119 cm³/mol. The van der Waals surface area contributed by atoms with Crippen molar-refractivity contribution in [1.82, 2.24) is 19.8 Å². The molecule has 7 heteroatoms. The van der Waals surface area contributed by atoms with Crippen molar-refractivity contribution in [3.63, 3.8) is 0 Å². The Morgan fingerprint density at radius 2 is 1.84 bits per heavy atom. The van der Waals surface area contributed by atoms with E-state index in [1.165, 1.54) is 0 Å². The van der Waals surface area contributed by atoms with Crippen molar-refractivity contribution in [2.75, 3.05) is 0 Å². The third-order valence-electron chi connectivity index (χ3n) is 6.14. The van der Waals surface area contributed by atoms with Crippen molar-refractivity contribution in [3.8, 4) is 16.9 Å². The first kappa shape index (κ1) is 20.2. The van der Waals surface area contributed by atoms with Gasteiger partial charge in [0.15, 0.2) is 0 Å². The average molecular weight is 428 g/mol. The summed E-state index contributed by atoms with van der Waals surface area (Å²) in [6.07, 6.45) is 2.48. The molecule has 0 radical (unpaired) electrons. The van der Waals surface area contributed by atoms with Gasteiger partial charge in [0.25, 0.3) is 5.91 Å². The number of hydrogen-bond acceptors (Lipinski definition) is 4. The molecule has 0 aliphatic carbocycles. The topological polar surface area (TPSA) is 84.3 Å². The monoisotopic (exact) mass is 428 g/mol. The summed E-state index contributed by atoms with van der Waals surface area (Å²) in [4.78, 5) is 43.1. The molecule has 1 N–H and O–H groups in total. The summed E-state index contributed by atoms with van der Waals surface area (Å²) in [5, 5.41) is 2.35. The first-order valence-corrected chi connectivity index (χ1v) is 10.8. The van der Waals surface area contributed by atoms with E-state index in [0.717, 1.165) is 28.3 Å². The molecule has 0 saturated carbocycles. The lowest BCUT2D eigenvalue weighted by molar-refractivity contribution is -0.136. The molecule has 1 saturated heterocycles. The maximum Gasteiger partial charge on any atom is 0.255 e. The Morgan fingerprint density at radius 1 is 1.06 bits per heavy atom. The largest absolute Gasteiger partial charge is 0.322 e. The van der Waals surface area contributed by atoms with Gasteiger partial charge in [0.2, 0.25) is 11.8 Å². The molecule has 0 spiro atoms. The zero-order chi connectivity index (χ0) is 22.4. The lowest BCUT2D eigenvalue weighted by Gasteiger charge is -2.29. The highest BCUT2D eigenvalue weighted by atomic mass is 16.2. The van der Waals surface area contributed by atoms with Crippen LogP contribution in [0.1, 0.15) is 54.4 Å². The molecule has 1 aromatic heterocycles. The van der Waals surface area contributed by atoms with Crippen molar-refractivity contribution in [2.45, 2.75) is 45.2 Å². The van der Waals surface area contributed by atoms with Gasteiger partial charge in [-0.1, -0.05) is 38.1 Å². The van der Waals surface area contributed by atoms with Crippen LogP contribution in [0.4, 0.5) is 0 Å². The molecule has 1 atom stereocenters. The Bertz CT molecular complexity index is 1230. The van der Waals surface area contributed by atoms with Crippen LogP contribution in [0.15, 0.2) is 54.7 Å². The fourth-order valence-corrected chi connectivity index (χ4v) is 4.56. The molecule has 1 unspecified atom stereocenters. The van der Waals surface area contributed by atoms with E-state index >= 15 is 0 Å². The third-order valence-corrected chi connectivity index (χ3v) is 6.14. The fourth-order valence-electron chi connectivity index (χ4n) is 4.56. The predicted octanol–water partition coefficient (Wildman–Crippen LogP) is 3.42. The SMILES string of the molecule is CC(C)c1ncc(-c2ccc3c(c2)CN(C2CCC(=O)NC2=O)C3=O)n1-c1ccccc1. The second-order valence-electron chi connectivity index (χ2n) is 8.60. The van der Waals surface area contributed by atoms with Crippen LogP contribution in [0.2, 0.25) is 0 Å². The number of nitrogens with zero attached hydrogens (tertiary/aromatic N) is 3. The maximum absolute atomic E-state index is 13.0. The molecule has 1 fully saturated rings. The summed E-state index contributed by atoms with van der Waals surface area (Å²) in [5.74, 6) is 0.357. The van der Waals surface area contributed by atoms with E-state index in [4.69, 9.17) is 0 Å². The van der Waals surface area contributed by atoms with Crippen molar-refractivity contribution in [2.24, 2.45) is 0 Å². The minimum absolute atomic E-state index is 0.166. The average Bonchev–Trinajstić information content (AvgIpc) is 3.36. The van der Waals surface area contributed by atoms with Gasteiger partial charge in [-0.15, -0.1) is 0 Å². The zero-order valence-electron chi connectivity index (χ0n) is 18.0. The van der Waals surface area contributed by atoms with E-state index in [9.17, 15) is 14.4 Å². The van der Waals surface area contributed by atoms with Crippen LogP contribution in [0.25, 0.3) is 16.9 Å². The molecule has 5 rings (SSSR count). The molecule has 3 amide bonds. The van der Waals surface area contributed by atoms with Crippen molar-refractivity contribution < 1.29 is 14.4 Å². The van der Waals surface area contributed by atoms with Gasteiger partial charge in [-0.3, -0.25) is 24.3 Å². The number of para-hydroxylation sites is 1. The molecule has 0 bridgehead atoms. The number of fused-ring (bicyclic) bond motifs is 1. The van der Waals surface area contributed by atoms with Crippen LogP contribution >= 0.6 is 0 Å². The minimum Gasteiger partial charge on any atom is -0.322 e. The Balaban J connectivity index is 1.52. The number of carbonyl (C=O) groups excluding carboxylic acids is 3. The number of nitrogens with one attached hydrogen (secondary N) is 1.